The molecule has 0 rings (SSSR count). The van der Waals surface area contributed by atoms with E-state index < -0.39 is 61.7 Å². The standard InChI is InChI=1S/2C12H24N2O3.2C2H3F3O/c2*1-5-8(4)10(12(16)17)14-11(15)9(13)6-7(2)3;2*3-2(4,5)1-6/h2*7-10H,5-6,13H2,1-4H3,(H,14,15)(H,16,17);2*6H,1H2/t2*8-,9-,10-;;/m00../s1. The molecule has 0 aliphatic rings. The first-order chi connectivity index (χ1) is 20.7. The van der Waals surface area contributed by atoms with Crippen LogP contribution < -0.4 is 32.3 Å². The summed E-state index contributed by atoms with van der Waals surface area (Å²) in [4.78, 5) is 45.4. The Hall–Kier alpha value is -2.70. The summed E-state index contributed by atoms with van der Waals surface area (Å²) >= 11 is 0. The van der Waals surface area contributed by atoms with Gasteiger partial charge >= 0.3 is 12.4 Å². The number of halogens is 6. The third-order valence-corrected chi connectivity index (χ3v) is 6.14. The van der Waals surface area contributed by atoms with Crippen LogP contribution in [0.25, 0.3) is 0 Å². The molecule has 0 aromatic carbocycles. The Morgan fingerprint density at radius 3 is 0.978 bits per heavy atom. The molecule has 6 atom stereocenters. The van der Waals surface area contributed by atoms with Crippen LogP contribution in [0.15, 0.2) is 0 Å². The Morgan fingerprint density at radius 2 is 0.848 bits per heavy atom. The van der Waals surface area contributed by atoms with Crippen LogP contribution in [0.5, 0.6) is 0 Å². The second-order valence-corrected chi connectivity index (χ2v) is 11.6. The van der Waals surface area contributed by atoms with Crippen LogP contribution in [0, 0.1) is 23.7 Å². The van der Waals surface area contributed by atoms with Gasteiger partial charge in [0.05, 0.1) is 24.0 Å². The van der Waals surface area contributed by atoms with Crippen molar-refractivity contribution in [2.24, 2.45) is 23.7 Å². The van der Waals surface area contributed by atoms with Gasteiger partial charge in [-0.2, -0.15) is 26.3 Å². The average molecular weight is 689 g/mol. The van der Waals surface area contributed by atoms with Crippen LogP contribution in [0.2, 0.25) is 0 Å². The fourth-order valence-electron chi connectivity index (χ4n) is 3.23. The summed E-state index contributed by atoms with van der Waals surface area (Å²) in [6.45, 7) is 11.8. The number of aliphatic hydroxyl groups excluding tert-OH is 2. The minimum Gasteiger partial charge on any atom is -0.548 e. The molecule has 0 aliphatic heterocycles. The normalized spacial score (nSPS) is 15.2. The van der Waals surface area contributed by atoms with E-state index in [1.807, 2.05) is 41.5 Å². The first-order valence-electron chi connectivity index (χ1n) is 14.7. The highest BCUT2D eigenvalue weighted by Gasteiger charge is 2.27. The minimum atomic E-state index is -4.40. The van der Waals surface area contributed by atoms with Crippen LogP contribution in [-0.2, 0) is 19.2 Å². The van der Waals surface area contributed by atoms with Gasteiger partial charge < -0.3 is 52.1 Å². The van der Waals surface area contributed by atoms with Gasteiger partial charge in [-0.1, -0.05) is 68.2 Å². The summed E-state index contributed by atoms with van der Waals surface area (Å²) < 4.78 is 63.2. The van der Waals surface area contributed by atoms with Crippen molar-refractivity contribution in [1.29, 1.82) is 0 Å². The van der Waals surface area contributed by atoms with Crippen LogP contribution >= 0.6 is 0 Å². The minimum absolute atomic E-state index is 0.143. The van der Waals surface area contributed by atoms with Crippen LogP contribution in [0.4, 0.5) is 26.3 Å². The molecule has 0 aliphatic carbocycles. The number of carboxylic acid groups (broad SMARTS) is 2. The predicted molar refractivity (Wildman–Crippen MR) is 151 cm³/mol. The first-order valence-corrected chi connectivity index (χ1v) is 14.7. The second-order valence-electron chi connectivity index (χ2n) is 11.6. The second kappa shape index (κ2) is 25.4. The van der Waals surface area contributed by atoms with Crippen molar-refractivity contribution in [3.05, 3.63) is 0 Å². The van der Waals surface area contributed by atoms with E-state index in [0.29, 0.717) is 37.5 Å². The molecule has 0 saturated heterocycles. The lowest BCUT2D eigenvalue weighted by atomic mass is 9.98. The van der Waals surface area contributed by atoms with Gasteiger partial charge in [0.25, 0.3) is 11.8 Å². The van der Waals surface area contributed by atoms with Crippen molar-refractivity contribution in [2.75, 3.05) is 13.2 Å². The van der Waals surface area contributed by atoms with E-state index in [1.165, 1.54) is 0 Å². The molecule has 0 radical (unpaired) electrons. The maximum absolute atomic E-state index is 11.7. The molecule has 0 saturated carbocycles. The van der Waals surface area contributed by atoms with Gasteiger partial charge in [-0.15, -0.1) is 0 Å². The van der Waals surface area contributed by atoms with Crippen LogP contribution in [0.1, 0.15) is 81.1 Å². The highest BCUT2D eigenvalue weighted by molar-refractivity contribution is 5.86. The molecule has 0 aromatic heterocycles. The van der Waals surface area contributed by atoms with Crippen molar-refractivity contribution < 1.29 is 77.4 Å². The smallest absolute Gasteiger partial charge is 0.411 e. The van der Waals surface area contributed by atoms with Crippen molar-refractivity contribution >= 4 is 23.8 Å². The van der Waals surface area contributed by atoms with E-state index in [2.05, 4.69) is 22.1 Å². The number of aliphatic hydroxyl groups is 2. The maximum Gasteiger partial charge on any atom is 0.411 e. The number of alkyl halides is 6. The zero-order valence-electron chi connectivity index (χ0n) is 27.9. The highest BCUT2D eigenvalue weighted by atomic mass is 19.4. The molecule has 0 unspecified atom stereocenters. The van der Waals surface area contributed by atoms with Gasteiger partial charge in [0.2, 0.25) is 0 Å². The van der Waals surface area contributed by atoms with E-state index in [9.17, 15) is 55.7 Å². The molecule has 0 heterocycles. The number of aliphatic carboxylic acids is 2. The van der Waals surface area contributed by atoms with Gasteiger partial charge in [-0.3, -0.25) is 9.59 Å². The lowest BCUT2D eigenvalue weighted by Crippen LogP contribution is -2.69. The third-order valence-electron chi connectivity index (χ3n) is 6.14. The molecule has 12 nitrogen and oxygen atoms in total. The Kier molecular flexibility index (Phi) is 27.7. The van der Waals surface area contributed by atoms with E-state index >= 15 is 0 Å². The summed E-state index contributed by atoms with van der Waals surface area (Å²) in [5.41, 5.74) is 7.50. The van der Waals surface area contributed by atoms with Crippen molar-refractivity contribution in [1.82, 2.24) is 10.6 Å². The average Bonchev–Trinajstić information content (AvgIpc) is 2.92. The Bertz CT molecular complexity index is 793. The van der Waals surface area contributed by atoms with Gasteiger partial charge in [0.15, 0.2) is 12.1 Å². The van der Waals surface area contributed by atoms with Gasteiger partial charge in [0, 0.05) is 12.8 Å². The van der Waals surface area contributed by atoms with Crippen LogP contribution in [-0.4, -0.2) is 83.7 Å². The Labute approximate surface area is 266 Å². The molecule has 0 aromatic rings. The molecule has 0 fully saturated rings. The monoisotopic (exact) mass is 688 g/mol. The van der Waals surface area contributed by atoms with Crippen LogP contribution in [0.3, 0.4) is 0 Å². The van der Waals surface area contributed by atoms with Crippen molar-refractivity contribution in [3.8, 4) is 0 Å². The highest BCUT2D eigenvalue weighted by Crippen LogP contribution is 2.12. The van der Waals surface area contributed by atoms with E-state index in [4.69, 9.17) is 10.2 Å². The predicted octanol–water partition coefficient (Wildman–Crippen LogP) is -1.07. The third kappa shape index (κ3) is 30.0. The number of carbonyl (C=O) groups excluding carboxylic acids is 4. The number of rotatable bonds is 14. The molecule has 18 heteroatoms. The Balaban J connectivity index is -0.000000284. The zero-order valence-corrected chi connectivity index (χ0v) is 27.9. The van der Waals surface area contributed by atoms with Gasteiger partial charge in [0.1, 0.15) is 13.2 Å². The maximum atomic E-state index is 11.7. The number of nitrogens with one attached hydrogen (secondary N) is 2. The van der Waals surface area contributed by atoms with E-state index in [-0.39, 0.29) is 23.7 Å². The van der Waals surface area contributed by atoms with E-state index in [0.717, 1.165) is 0 Å². The number of hydrogen-bond acceptors (Lipinski definition) is 8. The lowest BCUT2D eigenvalue weighted by Gasteiger charge is -2.26. The van der Waals surface area contributed by atoms with Crippen molar-refractivity contribution in [3.63, 3.8) is 0 Å². The zero-order chi connectivity index (χ0) is 37.6. The molecular weight excluding hydrogens is 634 g/mol. The summed E-state index contributed by atoms with van der Waals surface area (Å²) in [6.07, 6.45) is -6.17. The number of carbonyl (C=O) groups is 4. The number of carboxylic acids is 2. The number of amides is 2. The molecular formula is C28H54F6N4O8. The van der Waals surface area contributed by atoms with Gasteiger partial charge in [-0.05, 0) is 23.7 Å². The number of hydrogen-bond donors (Lipinski definition) is 6. The molecule has 10 N–H and O–H groups in total. The SMILES string of the molecule is CC[C@H](C)[C@H](NC(=O)[C@@H]([NH3+])CC(C)C)C(=O)[O-].CC[C@H](C)[C@H](NC(=O)[C@@H]([NH3+])CC(C)C)C(=O)[O-].OCC(F)(F)F.OCC(F)(F)F. The summed E-state index contributed by atoms with van der Waals surface area (Å²) in [5, 5.41) is 41.4. The molecule has 0 bridgehead atoms. The quantitative estimate of drug-likeness (QED) is 0.123. The molecule has 0 spiro atoms. The Morgan fingerprint density at radius 1 is 0.630 bits per heavy atom. The molecule has 46 heavy (non-hydrogen) atoms. The lowest BCUT2D eigenvalue weighted by molar-refractivity contribution is -0.407. The summed E-state index contributed by atoms with van der Waals surface area (Å²) in [5.74, 6) is -2.66. The fraction of sp³-hybridized carbons (Fsp3) is 0.857. The first kappa shape index (κ1) is 50.2. The molecule has 276 valence electrons. The number of quaternary nitrogens is 2. The van der Waals surface area contributed by atoms with Gasteiger partial charge in [-0.25, -0.2) is 0 Å². The summed E-state index contributed by atoms with van der Waals surface area (Å²) in [6, 6.07) is -2.69. The largest absolute Gasteiger partial charge is 0.548 e. The summed E-state index contributed by atoms with van der Waals surface area (Å²) in [7, 11) is 0. The molecule has 2 amide bonds. The fourth-order valence-corrected chi connectivity index (χ4v) is 3.23. The van der Waals surface area contributed by atoms with E-state index in [1.54, 1.807) is 13.8 Å². The topological polar surface area (TPSA) is 234 Å². The van der Waals surface area contributed by atoms with Crippen molar-refractivity contribution in [2.45, 2.75) is 118 Å².